The molecule has 1 fully saturated rings. The van der Waals surface area contributed by atoms with E-state index in [1.54, 1.807) is 32.3 Å². The number of rotatable bonds is 4. The molecule has 3 rings (SSSR count). The van der Waals surface area contributed by atoms with Crippen LogP contribution in [0.15, 0.2) is 35.4 Å². The zero-order chi connectivity index (χ0) is 20.1. The molecule has 0 unspecified atom stereocenters. The summed E-state index contributed by atoms with van der Waals surface area (Å²) in [5.74, 6) is 0.512. The first kappa shape index (κ1) is 19.4. The summed E-state index contributed by atoms with van der Waals surface area (Å²) in [5, 5.41) is 14.6. The van der Waals surface area contributed by atoms with Crippen LogP contribution in [0.25, 0.3) is 0 Å². The van der Waals surface area contributed by atoms with Crippen LogP contribution in [0.5, 0.6) is 5.88 Å². The molecule has 0 radical (unpaired) electrons. The molecule has 146 valence electrons. The number of nitrogens with zero attached hydrogens (tertiary/aromatic N) is 3. The molecule has 1 aliphatic carbocycles. The van der Waals surface area contributed by atoms with Gasteiger partial charge in [0.05, 0.1) is 11.3 Å². The molecule has 0 spiro atoms. The number of urea groups is 1. The van der Waals surface area contributed by atoms with Crippen molar-refractivity contribution in [3.8, 4) is 11.9 Å². The van der Waals surface area contributed by atoms with Crippen molar-refractivity contribution in [3.05, 3.63) is 52.1 Å². The summed E-state index contributed by atoms with van der Waals surface area (Å²) in [7, 11) is 1.65. The predicted octanol–water partition coefficient (Wildman–Crippen LogP) is 2.47. The Morgan fingerprint density at radius 3 is 2.71 bits per heavy atom. The number of pyridine rings is 2. The zero-order valence-electron chi connectivity index (χ0n) is 15.9. The van der Waals surface area contributed by atoms with Crippen molar-refractivity contribution in [3.63, 3.8) is 0 Å². The third-order valence-corrected chi connectivity index (χ3v) is 4.85. The average Bonchev–Trinajstić information content (AvgIpc) is 2.68. The van der Waals surface area contributed by atoms with Crippen LogP contribution in [0.1, 0.15) is 36.8 Å². The minimum atomic E-state index is -0.278. The summed E-state index contributed by atoms with van der Waals surface area (Å²) in [4.78, 5) is 28.0. The largest absolute Gasteiger partial charge is 0.474 e. The Hall–Kier alpha value is -3.34. The number of ether oxygens (including phenoxy) is 1. The van der Waals surface area contributed by atoms with Crippen molar-refractivity contribution >= 4 is 11.7 Å². The molecule has 8 heteroatoms. The van der Waals surface area contributed by atoms with E-state index in [9.17, 15) is 9.59 Å². The van der Waals surface area contributed by atoms with Gasteiger partial charge in [-0.05, 0) is 44.2 Å². The van der Waals surface area contributed by atoms with Crippen LogP contribution >= 0.6 is 0 Å². The molecule has 0 atom stereocenters. The Balaban J connectivity index is 1.47. The molecule has 0 aromatic carbocycles. The van der Waals surface area contributed by atoms with Crippen LogP contribution in [0.3, 0.4) is 0 Å². The van der Waals surface area contributed by atoms with Gasteiger partial charge < -0.3 is 19.9 Å². The molecule has 2 amide bonds. The summed E-state index contributed by atoms with van der Waals surface area (Å²) in [6, 6.07) is 6.70. The van der Waals surface area contributed by atoms with Crippen LogP contribution in [-0.4, -0.2) is 27.7 Å². The maximum Gasteiger partial charge on any atom is 0.319 e. The molecule has 2 heterocycles. The number of hydrogen-bond donors (Lipinski definition) is 2. The number of amides is 2. The highest BCUT2D eigenvalue weighted by molar-refractivity contribution is 5.90. The van der Waals surface area contributed by atoms with Gasteiger partial charge in [-0.3, -0.25) is 4.79 Å². The van der Waals surface area contributed by atoms with Gasteiger partial charge in [-0.15, -0.1) is 0 Å². The first-order valence-electron chi connectivity index (χ1n) is 9.22. The third kappa shape index (κ3) is 4.88. The lowest BCUT2D eigenvalue weighted by Gasteiger charge is -2.29. The monoisotopic (exact) mass is 381 g/mol. The van der Waals surface area contributed by atoms with Gasteiger partial charge in [0, 0.05) is 37.6 Å². The van der Waals surface area contributed by atoms with E-state index in [0.717, 1.165) is 31.2 Å². The highest BCUT2D eigenvalue weighted by Crippen LogP contribution is 2.23. The van der Waals surface area contributed by atoms with Crippen molar-refractivity contribution in [2.75, 3.05) is 5.32 Å². The number of nitriles is 1. The number of hydrogen-bond acceptors (Lipinski definition) is 5. The van der Waals surface area contributed by atoms with E-state index >= 15 is 0 Å². The molecule has 0 bridgehead atoms. The minimum Gasteiger partial charge on any atom is -0.474 e. The first-order valence-corrected chi connectivity index (χ1v) is 9.22. The lowest BCUT2D eigenvalue weighted by molar-refractivity contribution is 0.135. The summed E-state index contributed by atoms with van der Waals surface area (Å²) in [6.07, 6.45) is 6.39. The molecule has 2 aromatic heterocycles. The van der Waals surface area contributed by atoms with E-state index in [1.165, 1.54) is 16.8 Å². The molecule has 2 N–H and O–H groups in total. The van der Waals surface area contributed by atoms with Crippen molar-refractivity contribution in [1.82, 2.24) is 14.9 Å². The molecule has 28 heavy (non-hydrogen) atoms. The summed E-state index contributed by atoms with van der Waals surface area (Å²) in [5.41, 5.74) is 1.73. The van der Waals surface area contributed by atoms with Crippen molar-refractivity contribution < 1.29 is 9.53 Å². The lowest BCUT2D eigenvalue weighted by Crippen LogP contribution is -2.42. The van der Waals surface area contributed by atoms with Gasteiger partial charge in [-0.2, -0.15) is 5.26 Å². The third-order valence-electron chi connectivity index (χ3n) is 4.85. The molecule has 1 saturated carbocycles. The van der Waals surface area contributed by atoms with Gasteiger partial charge in [0.15, 0.2) is 0 Å². The highest BCUT2D eigenvalue weighted by atomic mass is 16.5. The van der Waals surface area contributed by atoms with Crippen molar-refractivity contribution in [1.29, 1.82) is 5.26 Å². The fraction of sp³-hybridized carbons (Fsp3) is 0.400. The predicted molar refractivity (Wildman–Crippen MR) is 104 cm³/mol. The zero-order valence-corrected chi connectivity index (χ0v) is 15.9. The van der Waals surface area contributed by atoms with Crippen LogP contribution in [0, 0.1) is 18.3 Å². The Morgan fingerprint density at radius 2 is 2.07 bits per heavy atom. The SMILES string of the molecule is Cc1cc(=O)n(C)cc1NC(=O)NC1CCC(Oc2ccc(C#N)cn2)CC1. The Bertz CT molecular complexity index is 938. The number of aryl methyl sites for hydroxylation is 2. The molecular formula is C20H23N5O3. The molecule has 8 nitrogen and oxygen atoms in total. The minimum absolute atomic E-state index is 0.0486. The Labute approximate surface area is 163 Å². The summed E-state index contributed by atoms with van der Waals surface area (Å²) < 4.78 is 7.30. The summed E-state index contributed by atoms with van der Waals surface area (Å²) >= 11 is 0. The number of aromatic nitrogens is 2. The maximum atomic E-state index is 12.3. The first-order chi connectivity index (χ1) is 13.4. The number of carbonyl (C=O) groups is 1. The maximum absolute atomic E-state index is 12.3. The number of nitrogens with one attached hydrogen (secondary N) is 2. The second-order valence-corrected chi connectivity index (χ2v) is 7.01. The van der Waals surface area contributed by atoms with Crippen LogP contribution in [-0.2, 0) is 7.05 Å². The molecular weight excluding hydrogens is 358 g/mol. The van der Waals surface area contributed by atoms with Gasteiger partial charge in [-0.25, -0.2) is 9.78 Å². The normalized spacial score (nSPS) is 18.8. The van der Waals surface area contributed by atoms with Gasteiger partial charge in [0.25, 0.3) is 5.56 Å². The van der Waals surface area contributed by atoms with E-state index in [-0.39, 0.29) is 23.7 Å². The van der Waals surface area contributed by atoms with Crippen LogP contribution < -0.4 is 20.9 Å². The van der Waals surface area contributed by atoms with E-state index in [4.69, 9.17) is 10.00 Å². The van der Waals surface area contributed by atoms with Gasteiger partial charge in [-0.1, -0.05) is 0 Å². The van der Waals surface area contributed by atoms with Crippen molar-refractivity contribution in [2.45, 2.75) is 44.8 Å². The average molecular weight is 381 g/mol. The van der Waals surface area contributed by atoms with Crippen LogP contribution in [0.2, 0.25) is 0 Å². The smallest absolute Gasteiger partial charge is 0.319 e. The summed E-state index contributed by atoms with van der Waals surface area (Å²) in [6.45, 7) is 1.79. The Kier molecular flexibility index (Phi) is 5.94. The topological polar surface area (TPSA) is 109 Å². The second-order valence-electron chi connectivity index (χ2n) is 7.01. The van der Waals surface area contributed by atoms with E-state index in [2.05, 4.69) is 15.6 Å². The lowest BCUT2D eigenvalue weighted by atomic mass is 9.93. The number of anilines is 1. The highest BCUT2D eigenvalue weighted by Gasteiger charge is 2.24. The standard InChI is InChI=1S/C20H23N5O3/c1-13-9-19(26)25(2)12-17(13)24-20(27)23-15-4-6-16(7-5-15)28-18-8-3-14(10-21)11-22-18/h3,8-9,11-12,15-16H,4-7H2,1-2H3,(H2,23,24,27). The fourth-order valence-corrected chi connectivity index (χ4v) is 3.21. The fourth-order valence-electron chi connectivity index (χ4n) is 3.21. The van der Waals surface area contributed by atoms with E-state index in [1.807, 2.05) is 6.07 Å². The second kappa shape index (κ2) is 8.57. The molecule has 0 aliphatic heterocycles. The molecule has 0 saturated heterocycles. The van der Waals surface area contributed by atoms with Crippen LogP contribution in [0.4, 0.5) is 10.5 Å². The molecule has 2 aromatic rings. The van der Waals surface area contributed by atoms with Gasteiger partial charge >= 0.3 is 6.03 Å². The van der Waals surface area contributed by atoms with Gasteiger partial charge in [0.2, 0.25) is 5.88 Å². The van der Waals surface area contributed by atoms with Gasteiger partial charge in [0.1, 0.15) is 12.2 Å². The number of carbonyl (C=O) groups excluding carboxylic acids is 1. The quantitative estimate of drug-likeness (QED) is 0.846. The molecule has 1 aliphatic rings. The Morgan fingerprint density at radius 1 is 1.32 bits per heavy atom. The van der Waals surface area contributed by atoms with E-state index < -0.39 is 0 Å². The van der Waals surface area contributed by atoms with E-state index in [0.29, 0.717) is 17.1 Å². The van der Waals surface area contributed by atoms with Crippen molar-refractivity contribution in [2.24, 2.45) is 7.05 Å².